The Labute approximate surface area is 110 Å². The first-order chi connectivity index (χ1) is 8.81. The van der Waals surface area contributed by atoms with Crippen LogP contribution >= 0.6 is 0 Å². The molecule has 1 rings (SSSR count). The fourth-order valence-corrected chi connectivity index (χ4v) is 1.45. The SMILES string of the molecule is CC(C)C(N)CC(=O)Nc1ccc(F)cc1C(=O)O. The lowest BCUT2D eigenvalue weighted by Gasteiger charge is -2.15. The maximum absolute atomic E-state index is 13.0. The van der Waals surface area contributed by atoms with Crippen LogP contribution in [0.2, 0.25) is 0 Å². The number of nitrogens with two attached hydrogens (primary N) is 1. The second-order valence-electron chi connectivity index (χ2n) is 4.66. The molecule has 1 aromatic carbocycles. The molecule has 0 aliphatic carbocycles. The van der Waals surface area contributed by atoms with E-state index in [0.29, 0.717) is 0 Å². The number of carbonyl (C=O) groups excluding carboxylic acids is 1. The van der Waals surface area contributed by atoms with E-state index in [9.17, 15) is 14.0 Å². The molecular formula is C13H17FN2O3. The maximum Gasteiger partial charge on any atom is 0.337 e. The molecule has 5 nitrogen and oxygen atoms in total. The molecule has 0 radical (unpaired) electrons. The Balaban J connectivity index is 2.82. The van der Waals surface area contributed by atoms with Gasteiger partial charge >= 0.3 is 5.97 Å². The summed E-state index contributed by atoms with van der Waals surface area (Å²) in [7, 11) is 0. The molecule has 0 saturated carbocycles. The van der Waals surface area contributed by atoms with E-state index in [1.54, 1.807) is 0 Å². The Morgan fingerprint density at radius 3 is 2.58 bits per heavy atom. The first kappa shape index (κ1) is 15.1. The van der Waals surface area contributed by atoms with E-state index in [-0.39, 0.29) is 29.6 Å². The summed E-state index contributed by atoms with van der Waals surface area (Å²) in [5.74, 6) is -2.23. The van der Waals surface area contributed by atoms with Crippen molar-refractivity contribution in [3.8, 4) is 0 Å². The zero-order valence-electron chi connectivity index (χ0n) is 10.8. The van der Waals surface area contributed by atoms with Crippen molar-refractivity contribution in [2.45, 2.75) is 26.3 Å². The Kier molecular flexibility index (Phi) is 5.00. The lowest BCUT2D eigenvalue weighted by atomic mass is 10.0. The molecule has 0 saturated heterocycles. The minimum atomic E-state index is -1.30. The number of aromatic carboxylic acids is 1. The van der Waals surface area contributed by atoms with Crippen LogP contribution in [0.3, 0.4) is 0 Å². The van der Waals surface area contributed by atoms with Crippen LogP contribution in [0.5, 0.6) is 0 Å². The molecule has 19 heavy (non-hydrogen) atoms. The van der Waals surface area contributed by atoms with Crippen LogP contribution in [0, 0.1) is 11.7 Å². The second kappa shape index (κ2) is 6.29. The lowest BCUT2D eigenvalue weighted by molar-refractivity contribution is -0.116. The second-order valence-corrected chi connectivity index (χ2v) is 4.66. The molecule has 4 N–H and O–H groups in total. The van der Waals surface area contributed by atoms with E-state index in [0.717, 1.165) is 12.1 Å². The molecule has 1 aromatic rings. The zero-order valence-corrected chi connectivity index (χ0v) is 10.8. The van der Waals surface area contributed by atoms with Gasteiger partial charge in [0.05, 0.1) is 11.3 Å². The number of nitrogens with one attached hydrogen (secondary N) is 1. The molecule has 1 amide bonds. The van der Waals surface area contributed by atoms with Crippen molar-refractivity contribution in [2.24, 2.45) is 11.7 Å². The number of carboxylic acid groups (broad SMARTS) is 1. The van der Waals surface area contributed by atoms with Gasteiger partial charge in [-0.25, -0.2) is 9.18 Å². The average molecular weight is 268 g/mol. The normalized spacial score (nSPS) is 12.3. The monoisotopic (exact) mass is 268 g/mol. The van der Waals surface area contributed by atoms with Crippen molar-refractivity contribution in [2.75, 3.05) is 5.32 Å². The number of hydrogen-bond donors (Lipinski definition) is 3. The van der Waals surface area contributed by atoms with E-state index >= 15 is 0 Å². The molecule has 0 aliphatic rings. The summed E-state index contributed by atoms with van der Waals surface area (Å²) >= 11 is 0. The third-order valence-corrected chi connectivity index (χ3v) is 2.76. The lowest BCUT2D eigenvalue weighted by Crippen LogP contribution is -2.31. The average Bonchev–Trinajstić information content (AvgIpc) is 2.30. The number of anilines is 1. The number of hydrogen-bond acceptors (Lipinski definition) is 3. The Morgan fingerprint density at radius 1 is 1.42 bits per heavy atom. The van der Waals surface area contributed by atoms with Gasteiger partial charge in [-0.2, -0.15) is 0 Å². The van der Waals surface area contributed by atoms with Crippen molar-refractivity contribution in [1.82, 2.24) is 0 Å². The quantitative estimate of drug-likeness (QED) is 0.759. The molecule has 0 aromatic heterocycles. The van der Waals surface area contributed by atoms with Gasteiger partial charge in [-0.3, -0.25) is 4.79 Å². The molecule has 6 heteroatoms. The van der Waals surface area contributed by atoms with Crippen LogP contribution < -0.4 is 11.1 Å². The summed E-state index contributed by atoms with van der Waals surface area (Å²) in [6.07, 6.45) is 0.0775. The van der Waals surface area contributed by atoms with Gasteiger partial charge < -0.3 is 16.2 Å². The van der Waals surface area contributed by atoms with Gasteiger partial charge in [0, 0.05) is 12.5 Å². The maximum atomic E-state index is 13.0. The third kappa shape index (κ3) is 4.33. The van der Waals surface area contributed by atoms with E-state index in [1.165, 1.54) is 6.07 Å². The summed E-state index contributed by atoms with van der Waals surface area (Å²) in [4.78, 5) is 22.7. The fourth-order valence-electron chi connectivity index (χ4n) is 1.45. The highest BCUT2D eigenvalue weighted by atomic mass is 19.1. The van der Waals surface area contributed by atoms with Crippen LogP contribution in [0.4, 0.5) is 10.1 Å². The number of benzene rings is 1. The molecule has 0 bridgehead atoms. The van der Waals surface area contributed by atoms with Crippen molar-refractivity contribution in [3.63, 3.8) is 0 Å². The van der Waals surface area contributed by atoms with E-state index in [2.05, 4.69) is 5.32 Å². The summed E-state index contributed by atoms with van der Waals surface area (Å²) < 4.78 is 13.0. The zero-order chi connectivity index (χ0) is 14.6. The van der Waals surface area contributed by atoms with Crippen molar-refractivity contribution >= 4 is 17.6 Å². The highest BCUT2D eigenvalue weighted by Crippen LogP contribution is 2.17. The first-order valence-electron chi connectivity index (χ1n) is 5.89. The molecule has 0 aliphatic heterocycles. The number of carbonyl (C=O) groups is 2. The summed E-state index contributed by atoms with van der Waals surface area (Å²) in [6, 6.07) is 2.86. The number of carboxylic acids is 1. The minimum Gasteiger partial charge on any atom is -0.478 e. The van der Waals surface area contributed by atoms with E-state index in [4.69, 9.17) is 10.8 Å². The molecule has 0 fully saturated rings. The number of halogens is 1. The van der Waals surface area contributed by atoms with Crippen LogP contribution in [-0.2, 0) is 4.79 Å². The molecule has 0 spiro atoms. The van der Waals surface area contributed by atoms with Gasteiger partial charge in [-0.05, 0) is 24.1 Å². The fraction of sp³-hybridized carbons (Fsp3) is 0.385. The predicted octanol–water partition coefficient (Wildman–Crippen LogP) is 1.84. The van der Waals surface area contributed by atoms with Crippen molar-refractivity contribution < 1.29 is 19.1 Å². The first-order valence-corrected chi connectivity index (χ1v) is 5.89. The molecule has 0 heterocycles. The Morgan fingerprint density at radius 2 is 2.05 bits per heavy atom. The standard InChI is InChI=1S/C13H17FN2O3/c1-7(2)10(15)6-12(17)16-11-4-3-8(14)5-9(11)13(18)19/h3-5,7,10H,6,15H2,1-2H3,(H,16,17)(H,18,19). The van der Waals surface area contributed by atoms with E-state index in [1.807, 2.05) is 13.8 Å². The number of amides is 1. The van der Waals surface area contributed by atoms with Gasteiger partial charge in [0.25, 0.3) is 0 Å². The molecule has 1 unspecified atom stereocenters. The third-order valence-electron chi connectivity index (χ3n) is 2.76. The van der Waals surface area contributed by atoms with Gasteiger partial charge in [0.15, 0.2) is 0 Å². The molecular weight excluding hydrogens is 251 g/mol. The van der Waals surface area contributed by atoms with Gasteiger partial charge in [0.2, 0.25) is 5.91 Å². The van der Waals surface area contributed by atoms with Crippen molar-refractivity contribution in [3.05, 3.63) is 29.6 Å². The highest BCUT2D eigenvalue weighted by Gasteiger charge is 2.16. The topological polar surface area (TPSA) is 92.4 Å². The van der Waals surface area contributed by atoms with Gasteiger partial charge in [-0.1, -0.05) is 13.8 Å². The van der Waals surface area contributed by atoms with Crippen LogP contribution in [0.1, 0.15) is 30.6 Å². The molecule has 1 atom stereocenters. The highest BCUT2D eigenvalue weighted by molar-refractivity contribution is 6.00. The van der Waals surface area contributed by atoms with Gasteiger partial charge in [0.1, 0.15) is 5.82 Å². The summed E-state index contributed by atoms with van der Waals surface area (Å²) in [5.41, 5.74) is 5.53. The van der Waals surface area contributed by atoms with Crippen molar-refractivity contribution in [1.29, 1.82) is 0 Å². The predicted molar refractivity (Wildman–Crippen MR) is 69.4 cm³/mol. The smallest absolute Gasteiger partial charge is 0.337 e. The summed E-state index contributed by atoms with van der Waals surface area (Å²) in [5, 5.41) is 11.4. The van der Waals surface area contributed by atoms with Crippen LogP contribution in [0.25, 0.3) is 0 Å². The summed E-state index contributed by atoms with van der Waals surface area (Å²) in [6.45, 7) is 3.77. The Hall–Kier alpha value is -1.95. The minimum absolute atomic E-state index is 0.0647. The largest absolute Gasteiger partial charge is 0.478 e. The molecule has 104 valence electrons. The van der Waals surface area contributed by atoms with E-state index < -0.39 is 17.7 Å². The van der Waals surface area contributed by atoms with Gasteiger partial charge in [-0.15, -0.1) is 0 Å². The van der Waals surface area contributed by atoms with Crippen LogP contribution in [0.15, 0.2) is 18.2 Å². The Bertz CT molecular complexity index is 489. The number of rotatable bonds is 5. The van der Waals surface area contributed by atoms with Crippen LogP contribution in [-0.4, -0.2) is 23.0 Å².